The van der Waals surface area contributed by atoms with E-state index in [0.717, 1.165) is 34.2 Å². The topological polar surface area (TPSA) is 58.6 Å². The molecule has 1 fully saturated rings. The lowest BCUT2D eigenvalue weighted by atomic mass is 9.74. The molecular formula is C23H28F3IN2O3. The van der Waals surface area contributed by atoms with Crippen LogP contribution in [0.5, 0.6) is 0 Å². The van der Waals surface area contributed by atoms with Crippen LogP contribution in [-0.2, 0) is 13.5 Å². The largest absolute Gasteiger partial charge is 0.444 e. The Morgan fingerprint density at radius 3 is 2.34 bits per heavy atom. The average Bonchev–Trinajstić information content (AvgIpc) is 2.79. The van der Waals surface area contributed by atoms with Gasteiger partial charge in [0, 0.05) is 52.5 Å². The Kier molecular flexibility index (Phi) is 6.89. The van der Waals surface area contributed by atoms with Crippen LogP contribution in [0.15, 0.2) is 23.8 Å². The van der Waals surface area contributed by atoms with E-state index in [1.54, 1.807) is 25.7 Å². The van der Waals surface area contributed by atoms with Crippen LogP contribution in [0.1, 0.15) is 64.5 Å². The van der Waals surface area contributed by atoms with Crippen LogP contribution >= 0.6 is 22.6 Å². The van der Waals surface area contributed by atoms with E-state index in [4.69, 9.17) is 4.74 Å². The van der Waals surface area contributed by atoms with Crippen molar-refractivity contribution >= 4 is 40.3 Å². The fourth-order valence-electron chi connectivity index (χ4n) is 4.13. The Hall–Kier alpha value is -1.78. The zero-order chi connectivity index (χ0) is 23.9. The normalized spacial score (nSPS) is 19.6. The number of carbonyl (C=O) groups excluding carboxylic acids is 2. The molecule has 0 saturated carbocycles. The Labute approximate surface area is 199 Å². The van der Waals surface area contributed by atoms with E-state index in [-0.39, 0.29) is 11.5 Å². The molecule has 0 aliphatic carbocycles. The van der Waals surface area contributed by atoms with Gasteiger partial charge in [0.05, 0.1) is 5.41 Å². The van der Waals surface area contributed by atoms with Gasteiger partial charge in [-0.3, -0.25) is 4.79 Å². The van der Waals surface area contributed by atoms with Gasteiger partial charge < -0.3 is 15.0 Å². The second kappa shape index (κ2) is 8.87. The van der Waals surface area contributed by atoms with Gasteiger partial charge >= 0.3 is 10.0 Å². The lowest BCUT2D eigenvalue weighted by Gasteiger charge is -2.40. The molecule has 0 aromatic heterocycles. The lowest BCUT2D eigenvalue weighted by molar-refractivity contribution is -0.132. The Morgan fingerprint density at radius 1 is 1.19 bits per heavy atom. The highest BCUT2D eigenvalue weighted by Gasteiger charge is 2.44. The van der Waals surface area contributed by atoms with Gasteiger partial charge in [-0.1, -0.05) is 6.07 Å². The molecule has 5 nitrogen and oxygen atoms in total. The van der Waals surface area contributed by atoms with Gasteiger partial charge in [-0.05, 0) is 71.1 Å². The summed E-state index contributed by atoms with van der Waals surface area (Å²) in [6, 6.07) is 3.28. The van der Waals surface area contributed by atoms with Crippen LogP contribution in [0, 0.1) is 11.2 Å². The second-order valence-corrected chi connectivity index (χ2v) is 10.9. The molecular weight excluding hydrogens is 536 g/mol. The minimum atomic E-state index is -3.18. The maximum Gasteiger partial charge on any atom is 0.410 e. The van der Waals surface area contributed by atoms with Crippen LogP contribution in [0.25, 0.3) is 5.70 Å². The number of benzene rings is 1. The molecule has 2 heterocycles. The SMILES string of the molecule is CC1=C(c2ccc(C(F)(F)I)cc2F)NC(=O)C2(CC1)CCN(C(=O)OC(C)(C)C)CC2. The highest BCUT2D eigenvalue weighted by Crippen LogP contribution is 2.42. The molecule has 9 heteroatoms. The fourth-order valence-corrected chi connectivity index (χ4v) is 4.47. The maximum absolute atomic E-state index is 14.7. The molecule has 1 saturated heterocycles. The standard InChI is InChI=1S/C23H28F3IN2O3/c1-14-7-8-22(9-11-29(12-10-22)20(31)32-21(2,3)4)19(30)28-18(14)16-6-5-15(13-17(16)24)23(25,26)27/h5-6,13H,7-12H2,1-4H3,(H,28,30). The summed E-state index contributed by atoms with van der Waals surface area (Å²) >= 11 is 0.958. The van der Waals surface area contributed by atoms with E-state index in [1.807, 2.05) is 6.92 Å². The number of nitrogens with zero attached hydrogens (tertiary/aromatic N) is 1. The van der Waals surface area contributed by atoms with Crippen molar-refractivity contribution in [3.63, 3.8) is 0 Å². The van der Waals surface area contributed by atoms with E-state index < -0.39 is 32.4 Å². The smallest absolute Gasteiger partial charge is 0.410 e. The quantitative estimate of drug-likeness (QED) is 0.356. The third kappa shape index (κ3) is 5.40. The molecule has 32 heavy (non-hydrogen) atoms. The number of carbonyl (C=O) groups is 2. The minimum absolute atomic E-state index is 0.100. The van der Waals surface area contributed by atoms with E-state index in [0.29, 0.717) is 44.5 Å². The summed E-state index contributed by atoms with van der Waals surface area (Å²) in [4.78, 5) is 27.2. The Balaban J connectivity index is 1.76. The molecule has 2 amide bonds. The first-order valence-electron chi connectivity index (χ1n) is 10.6. The van der Waals surface area contributed by atoms with Crippen molar-refractivity contribution in [2.75, 3.05) is 13.1 Å². The third-order valence-electron chi connectivity index (χ3n) is 6.06. The van der Waals surface area contributed by atoms with Gasteiger partial charge in [-0.2, -0.15) is 8.78 Å². The minimum Gasteiger partial charge on any atom is -0.444 e. The number of amides is 2. The Bertz CT molecular complexity index is 943. The zero-order valence-electron chi connectivity index (χ0n) is 18.7. The number of hydrogen-bond donors (Lipinski definition) is 1. The fraction of sp³-hybridized carbons (Fsp3) is 0.565. The molecule has 0 atom stereocenters. The van der Waals surface area contributed by atoms with Gasteiger partial charge in [0.15, 0.2) is 0 Å². The van der Waals surface area contributed by atoms with Crippen LogP contribution in [-0.4, -0.2) is 35.6 Å². The van der Waals surface area contributed by atoms with E-state index >= 15 is 0 Å². The first kappa shape index (κ1) is 24.9. The van der Waals surface area contributed by atoms with Gasteiger partial charge in [0.2, 0.25) is 5.91 Å². The van der Waals surface area contributed by atoms with E-state index in [2.05, 4.69) is 5.32 Å². The summed E-state index contributed by atoms with van der Waals surface area (Å²) in [6.45, 7) is 8.01. The molecule has 3 rings (SSSR count). The summed E-state index contributed by atoms with van der Waals surface area (Å²) in [5.74, 6) is -1.03. The molecule has 1 aromatic carbocycles. The molecule has 0 radical (unpaired) electrons. The molecule has 0 unspecified atom stereocenters. The number of alkyl halides is 3. The summed E-state index contributed by atoms with van der Waals surface area (Å²) in [6.07, 6.45) is 1.68. The van der Waals surface area contributed by atoms with Crippen molar-refractivity contribution in [1.29, 1.82) is 0 Å². The van der Waals surface area contributed by atoms with Gasteiger partial charge in [0.25, 0.3) is 0 Å². The van der Waals surface area contributed by atoms with Crippen molar-refractivity contribution < 1.29 is 27.5 Å². The molecule has 1 aromatic rings. The van der Waals surface area contributed by atoms with Gasteiger partial charge in [-0.15, -0.1) is 0 Å². The third-order valence-corrected chi connectivity index (χ3v) is 6.69. The van der Waals surface area contributed by atoms with Crippen LogP contribution in [0.3, 0.4) is 0 Å². The summed E-state index contributed by atoms with van der Waals surface area (Å²) in [5, 5.41) is 2.86. The highest BCUT2D eigenvalue weighted by atomic mass is 127. The molecule has 2 aliphatic rings. The number of allylic oxidation sites excluding steroid dienone is 1. The molecule has 1 N–H and O–H groups in total. The van der Waals surface area contributed by atoms with Gasteiger partial charge in [0.1, 0.15) is 11.4 Å². The van der Waals surface area contributed by atoms with Crippen LogP contribution < -0.4 is 5.32 Å². The predicted octanol–water partition coefficient (Wildman–Crippen LogP) is 5.97. The van der Waals surface area contributed by atoms with Crippen molar-refractivity contribution in [1.82, 2.24) is 10.2 Å². The number of ether oxygens (including phenoxy) is 1. The predicted molar refractivity (Wildman–Crippen MR) is 124 cm³/mol. The highest BCUT2D eigenvalue weighted by molar-refractivity contribution is 14.1. The zero-order valence-corrected chi connectivity index (χ0v) is 20.8. The maximum atomic E-state index is 14.7. The molecule has 2 aliphatic heterocycles. The number of rotatable bonds is 2. The number of hydrogen-bond acceptors (Lipinski definition) is 3. The molecule has 1 spiro atoms. The number of piperidine rings is 1. The van der Waals surface area contributed by atoms with Crippen LogP contribution in [0.2, 0.25) is 0 Å². The summed E-state index contributed by atoms with van der Waals surface area (Å²) in [7, 11) is 0. The van der Waals surface area contributed by atoms with Crippen molar-refractivity contribution in [3.8, 4) is 0 Å². The van der Waals surface area contributed by atoms with E-state index in [9.17, 15) is 22.8 Å². The number of halogens is 4. The van der Waals surface area contributed by atoms with Gasteiger partial charge in [-0.25, -0.2) is 9.18 Å². The second-order valence-electron chi connectivity index (χ2n) is 9.55. The first-order chi connectivity index (χ1) is 14.7. The van der Waals surface area contributed by atoms with E-state index in [1.165, 1.54) is 12.1 Å². The number of nitrogens with one attached hydrogen (secondary N) is 1. The average molecular weight is 564 g/mol. The summed E-state index contributed by atoms with van der Waals surface area (Å²) < 4.78 is 44.0. The van der Waals surface area contributed by atoms with Crippen molar-refractivity contribution in [2.24, 2.45) is 5.41 Å². The van der Waals surface area contributed by atoms with Crippen LogP contribution in [0.4, 0.5) is 18.0 Å². The molecule has 176 valence electrons. The summed E-state index contributed by atoms with van der Waals surface area (Å²) in [5.41, 5.74) is -0.470. The molecule has 0 bridgehead atoms. The lowest BCUT2D eigenvalue weighted by Crippen LogP contribution is -2.50. The monoisotopic (exact) mass is 564 g/mol. The van der Waals surface area contributed by atoms with Crippen molar-refractivity contribution in [3.05, 3.63) is 40.7 Å². The Morgan fingerprint density at radius 2 is 1.81 bits per heavy atom. The van der Waals surface area contributed by atoms with Crippen molar-refractivity contribution in [2.45, 2.75) is 62.9 Å². The number of likely N-dealkylation sites (tertiary alicyclic amines) is 1. The first-order valence-corrected chi connectivity index (χ1v) is 11.7.